The molecule has 0 aliphatic rings. The molecule has 0 saturated carbocycles. The highest BCUT2D eigenvalue weighted by Crippen LogP contribution is 2.10. The third-order valence-electron chi connectivity index (χ3n) is 5.57. The van der Waals surface area contributed by atoms with Crippen LogP contribution in [0.2, 0.25) is 0 Å². The maximum absolute atomic E-state index is 10.5. The number of esters is 1. The highest BCUT2D eigenvalue weighted by Gasteiger charge is 1.96. The number of ether oxygens (including phenoxy) is 1. The van der Waals surface area contributed by atoms with Crippen molar-refractivity contribution in [3.05, 3.63) is 48.6 Å². The van der Waals surface area contributed by atoms with Crippen molar-refractivity contribution < 1.29 is 19.4 Å². The highest BCUT2D eigenvalue weighted by molar-refractivity contribution is 5.66. The van der Waals surface area contributed by atoms with E-state index in [-0.39, 0.29) is 5.97 Å². The molecular formula is C32H56O4. The lowest BCUT2D eigenvalue weighted by Crippen LogP contribution is -1.99. The van der Waals surface area contributed by atoms with Gasteiger partial charge in [-0.25, -0.2) is 0 Å². The van der Waals surface area contributed by atoms with Crippen molar-refractivity contribution in [2.45, 2.75) is 136 Å². The first-order valence-electron chi connectivity index (χ1n) is 14.5. The molecule has 0 fully saturated rings. The van der Waals surface area contributed by atoms with Gasteiger partial charge in [0.1, 0.15) is 0 Å². The molecule has 0 aromatic heterocycles. The Morgan fingerprint density at radius 2 is 0.972 bits per heavy atom. The number of carboxylic acids is 1. The Morgan fingerprint density at radius 3 is 1.39 bits per heavy atom. The standard InChI is InChI=1S/2C16H28O2/c1-3-4-5-6-7-8-9-10-11-12-13-14-15-18-16(2)17;1-2-3-4-5-6-7-8-9-10-11-12-13-14-15-16(17)18/h4-7H,3,8-15H2,1-2H3;3-6H,2,7-15H2,1H3,(H,17,18)/b5-4+,7-6-;4-3+,6-5-. The monoisotopic (exact) mass is 504 g/mol. The zero-order valence-electron chi connectivity index (χ0n) is 23.7. The summed E-state index contributed by atoms with van der Waals surface area (Å²) >= 11 is 0. The van der Waals surface area contributed by atoms with E-state index in [1.807, 2.05) is 0 Å². The minimum Gasteiger partial charge on any atom is -0.481 e. The molecule has 4 nitrogen and oxygen atoms in total. The normalized spacial score (nSPS) is 11.5. The van der Waals surface area contributed by atoms with Gasteiger partial charge in [0.2, 0.25) is 0 Å². The van der Waals surface area contributed by atoms with Gasteiger partial charge in [-0.05, 0) is 51.4 Å². The number of unbranched alkanes of at least 4 members (excludes halogenated alkanes) is 13. The van der Waals surface area contributed by atoms with Crippen LogP contribution in [-0.4, -0.2) is 23.7 Å². The lowest BCUT2D eigenvalue weighted by molar-refractivity contribution is -0.141. The van der Waals surface area contributed by atoms with Crippen molar-refractivity contribution in [2.75, 3.05) is 6.61 Å². The Kier molecular flexibility index (Phi) is 33.0. The number of allylic oxidation sites excluding steroid dienone is 8. The summed E-state index contributed by atoms with van der Waals surface area (Å²) in [6.07, 6.45) is 37.7. The van der Waals surface area contributed by atoms with Crippen LogP contribution in [0.5, 0.6) is 0 Å². The van der Waals surface area contributed by atoms with Crippen LogP contribution in [0, 0.1) is 0 Å². The molecule has 0 aromatic rings. The van der Waals surface area contributed by atoms with Crippen molar-refractivity contribution in [1.29, 1.82) is 0 Å². The van der Waals surface area contributed by atoms with Gasteiger partial charge in [0, 0.05) is 13.3 Å². The van der Waals surface area contributed by atoms with Crippen LogP contribution in [0.15, 0.2) is 48.6 Å². The zero-order chi connectivity index (χ0) is 27.0. The van der Waals surface area contributed by atoms with Gasteiger partial charge in [-0.1, -0.05) is 120 Å². The van der Waals surface area contributed by atoms with Gasteiger partial charge in [0.05, 0.1) is 6.61 Å². The maximum Gasteiger partial charge on any atom is 0.303 e. The second-order valence-corrected chi connectivity index (χ2v) is 9.19. The first kappa shape index (κ1) is 36.1. The van der Waals surface area contributed by atoms with Gasteiger partial charge in [0.15, 0.2) is 0 Å². The molecule has 4 heteroatoms. The fourth-order valence-corrected chi connectivity index (χ4v) is 3.49. The Bertz CT molecular complexity index is 535. The molecule has 0 atom stereocenters. The van der Waals surface area contributed by atoms with E-state index in [1.165, 1.54) is 84.0 Å². The summed E-state index contributed by atoms with van der Waals surface area (Å²) in [5.41, 5.74) is 0. The van der Waals surface area contributed by atoms with Crippen LogP contribution in [0.4, 0.5) is 0 Å². The molecule has 0 radical (unpaired) electrons. The fraction of sp³-hybridized carbons (Fsp3) is 0.688. The number of rotatable bonds is 23. The average Bonchev–Trinajstić information content (AvgIpc) is 2.85. The molecule has 208 valence electrons. The smallest absolute Gasteiger partial charge is 0.303 e. The molecule has 0 saturated heterocycles. The average molecular weight is 505 g/mol. The zero-order valence-corrected chi connectivity index (χ0v) is 23.7. The van der Waals surface area contributed by atoms with Crippen molar-refractivity contribution in [1.82, 2.24) is 0 Å². The van der Waals surface area contributed by atoms with E-state index in [0.29, 0.717) is 13.0 Å². The van der Waals surface area contributed by atoms with Gasteiger partial charge in [-0.15, -0.1) is 0 Å². The van der Waals surface area contributed by atoms with E-state index in [9.17, 15) is 9.59 Å². The van der Waals surface area contributed by atoms with E-state index in [1.54, 1.807) is 0 Å². The van der Waals surface area contributed by atoms with Crippen LogP contribution in [0.1, 0.15) is 136 Å². The van der Waals surface area contributed by atoms with Crippen LogP contribution in [-0.2, 0) is 14.3 Å². The van der Waals surface area contributed by atoms with Crippen molar-refractivity contribution in [3.63, 3.8) is 0 Å². The molecule has 1 N–H and O–H groups in total. The summed E-state index contributed by atoms with van der Waals surface area (Å²) in [5, 5.41) is 8.48. The number of hydrogen-bond donors (Lipinski definition) is 1. The highest BCUT2D eigenvalue weighted by atomic mass is 16.5. The molecule has 36 heavy (non-hydrogen) atoms. The van der Waals surface area contributed by atoms with Gasteiger partial charge in [0.25, 0.3) is 0 Å². The molecular weight excluding hydrogens is 448 g/mol. The van der Waals surface area contributed by atoms with E-state index in [2.05, 4.69) is 62.5 Å². The van der Waals surface area contributed by atoms with Gasteiger partial charge < -0.3 is 9.84 Å². The number of carbonyl (C=O) groups excluding carboxylic acids is 1. The molecule has 0 amide bonds. The number of carboxylic acid groups (broad SMARTS) is 1. The van der Waals surface area contributed by atoms with Crippen LogP contribution in [0.3, 0.4) is 0 Å². The first-order valence-corrected chi connectivity index (χ1v) is 14.5. The van der Waals surface area contributed by atoms with Crippen LogP contribution in [0.25, 0.3) is 0 Å². The molecule has 0 bridgehead atoms. The second-order valence-electron chi connectivity index (χ2n) is 9.19. The molecule has 0 rings (SSSR count). The van der Waals surface area contributed by atoms with E-state index >= 15 is 0 Å². The van der Waals surface area contributed by atoms with Gasteiger partial charge >= 0.3 is 11.9 Å². The summed E-state index contributed by atoms with van der Waals surface area (Å²) in [4.78, 5) is 20.8. The Balaban J connectivity index is 0. The molecule has 0 unspecified atom stereocenters. The third kappa shape index (κ3) is 39.1. The van der Waals surface area contributed by atoms with E-state index < -0.39 is 5.97 Å². The molecule has 0 aliphatic carbocycles. The van der Waals surface area contributed by atoms with Gasteiger partial charge in [-0.3, -0.25) is 9.59 Å². The van der Waals surface area contributed by atoms with Crippen LogP contribution < -0.4 is 0 Å². The second kappa shape index (κ2) is 32.9. The predicted molar refractivity (Wildman–Crippen MR) is 155 cm³/mol. The minimum absolute atomic E-state index is 0.168. The Hall–Kier alpha value is -2.10. The topological polar surface area (TPSA) is 63.6 Å². The number of hydrogen-bond acceptors (Lipinski definition) is 3. The predicted octanol–water partition coefficient (Wildman–Crippen LogP) is 9.91. The maximum atomic E-state index is 10.5. The van der Waals surface area contributed by atoms with Crippen molar-refractivity contribution >= 4 is 11.9 Å². The van der Waals surface area contributed by atoms with Gasteiger partial charge in [-0.2, -0.15) is 0 Å². The van der Waals surface area contributed by atoms with E-state index in [4.69, 9.17) is 9.84 Å². The summed E-state index contributed by atoms with van der Waals surface area (Å²) in [7, 11) is 0. The summed E-state index contributed by atoms with van der Waals surface area (Å²) in [6, 6.07) is 0. The Morgan fingerprint density at radius 1 is 0.583 bits per heavy atom. The van der Waals surface area contributed by atoms with Crippen molar-refractivity contribution in [3.8, 4) is 0 Å². The summed E-state index contributed by atoms with van der Waals surface area (Å²) in [5.74, 6) is -0.835. The quantitative estimate of drug-likeness (QED) is 0.0854. The van der Waals surface area contributed by atoms with Crippen LogP contribution >= 0.6 is 0 Å². The summed E-state index contributed by atoms with van der Waals surface area (Å²) in [6.45, 7) is 6.33. The molecule has 0 heterocycles. The minimum atomic E-state index is -0.668. The lowest BCUT2D eigenvalue weighted by atomic mass is 10.1. The fourth-order valence-electron chi connectivity index (χ4n) is 3.49. The third-order valence-corrected chi connectivity index (χ3v) is 5.57. The van der Waals surface area contributed by atoms with E-state index in [0.717, 1.165) is 32.1 Å². The number of carbonyl (C=O) groups is 2. The first-order chi connectivity index (χ1) is 17.5. The summed E-state index contributed by atoms with van der Waals surface area (Å²) < 4.78 is 4.88. The number of aliphatic carboxylic acids is 1. The largest absolute Gasteiger partial charge is 0.481 e. The van der Waals surface area contributed by atoms with Crippen molar-refractivity contribution in [2.24, 2.45) is 0 Å². The lowest BCUT2D eigenvalue weighted by Gasteiger charge is -2.01. The Labute approximate surface area is 223 Å². The molecule has 0 spiro atoms. The molecule has 0 aliphatic heterocycles. The molecule has 0 aromatic carbocycles. The SMILES string of the molecule is CC/C=C/C=C\CCCCCCCCCC(=O)O.CC/C=C/C=C\CCCCCCCCOC(C)=O.